The predicted molar refractivity (Wildman–Crippen MR) is 100 cm³/mol. The summed E-state index contributed by atoms with van der Waals surface area (Å²) < 4.78 is 26.8. The molecule has 2 unspecified atom stereocenters. The Labute approximate surface area is 167 Å². The van der Waals surface area contributed by atoms with E-state index in [4.69, 9.17) is 0 Å². The Morgan fingerprint density at radius 1 is 1.29 bits per heavy atom. The van der Waals surface area contributed by atoms with Gasteiger partial charge in [-0.25, -0.2) is 13.6 Å². The van der Waals surface area contributed by atoms with Crippen LogP contribution in [-0.4, -0.2) is 54.0 Å². The molecule has 0 bridgehead atoms. The molecule has 3 rings (SSSR count). The summed E-state index contributed by atoms with van der Waals surface area (Å²) in [5.74, 6) is -2.91. The van der Waals surface area contributed by atoms with Crippen LogP contribution in [0.1, 0.15) is 31.7 Å². The Balaban J connectivity index is 0.00000280. The summed E-state index contributed by atoms with van der Waals surface area (Å²) in [5.41, 5.74) is -0.506. The number of hydrogen-bond acceptors (Lipinski definition) is 4. The first kappa shape index (κ1) is 22.0. The summed E-state index contributed by atoms with van der Waals surface area (Å²) in [6, 6.07) is 2.79. The number of imide groups is 1. The molecule has 3 N–H and O–H groups in total. The van der Waals surface area contributed by atoms with Crippen molar-refractivity contribution in [3.8, 4) is 0 Å². The molecule has 28 heavy (non-hydrogen) atoms. The van der Waals surface area contributed by atoms with Crippen LogP contribution in [0.25, 0.3) is 0 Å². The third-order valence-corrected chi connectivity index (χ3v) is 5.20. The number of urea groups is 1. The highest BCUT2D eigenvalue weighted by molar-refractivity contribution is 6.07. The lowest BCUT2D eigenvalue weighted by molar-refractivity contribution is -0.127. The Hall–Kier alpha value is -2.26. The lowest BCUT2D eigenvalue weighted by atomic mass is 9.86. The molecule has 2 fully saturated rings. The van der Waals surface area contributed by atoms with Crippen LogP contribution >= 0.6 is 12.4 Å². The van der Waals surface area contributed by atoms with Crippen LogP contribution in [-0.2, 0) is 9.59 Å². The van der Waals surface area contributed by atoms with Gasteiger partial charge in [0.1, 0.15) is 12.1 Å². The van der Waals surface area contributed by atoms with E-state index in [-0.39, 0.29) is 30.9 Å². The Morgan fingerprint density at radius 2 is 2.00 bits per heavy atom. The van der Waals surface area contributed by atoms with Crippen molar-refractivity contribution in [2.24, 2.45) is 0 Å². The monoisotopic (exact) mass is 416 g/mol. The summed E-state index contributed by atoms with van der Waals surface area (Å²) in [7, 11) is 0. The SMILES string of the molecule is CC1(C)C(=O)NC(=O)N1CC(=O)NC1CNCCC1c1ccc(F)c(F)c1.Cl. The van der Waals surface area contributed by atoms with E-state index in [0.29, 0.717) is 25.1 Å². The first-order valence-corrected chi connectivity index (χ1v) is 8.78. The number of nitrogens with zero attached hydrogens (tertiary/aromatic N) is 1. The molecular weight excluding hydrogens is 394 g/mol. The summed E-state index contributed by atoms with van der Waals surface area (Å²) >= 11 is 0. The summed E-state index contributed by atoms with van der Waals surface area (Å²) in [5, 5.41) is 8.20. The van der Waals surface area contributed by atoms with Crippen LogP contribution in [0.4, 0.5) is 13.6 Å². The zero-order chi connectivity index (χ0) is 19.8. The third-order valence-electron chi connectivity index (χ3n) is 5.20. The molecule has 2 saturated heterocycles. The number of hydrogen-bond donors (Lipinski definition) is 3. The molecule has 0 saturated carbocycles. The second kappa shape index (κ2) is 8.40. The van der Waals surface area contributed by atoms with E-state index < -0.39 is 35.0 Å². The van der Waals surface area contributed by atoms with Crippen LogP contribution in [0.2, 0.25) is 0 Å². The number of halogens is 3. The van der Waals surface area contributed by atoms with Gasteiger partial charge in [-0.1, -0.05) is 6.07 Å². The van der Waals surface area contributed by atoms with Gasteiger partial charge in [0.2, 0.25) is 5.91 Å². The van der Waals surface area contributed by atoms with Gasteiger partial charge >= 0.3 is 6.03 Å². The second-order valence-electron chi connectivity index (χ2n) is 7.35. The van der Waals surface area contributed by atoms with Crippen molar-refractivity contribution in [1.82, 2.24) is 20.9 Å². The minimum absolute atomic E-state index is 0. The Bertz CT molecular complexity index is 790. The van der Waals surface area contributed by atoms with Gasteiger partial charge in [-0.3, -0.25) is 14.9 Å². The molecular formula is C18H23ClF2N4O3. The topological polar surface area (TPSA) is 90.5 Å². The second-order valence-corrected chi connectivity index (χ2v) is 7.35. The van der Waals surface area contributed by atoms with Crippen LogP contribution in [0.5, 0.6) is 0 Å². The highest BCUT2D eigenvalue weighted by Gasteiger charge is 2.46. The van der Waals surface area contributed by atoms with Crippen LogP contribution in [0, 0.1) is 11.6 Å². The van der Waals surface area contributed by atoms with E-state index in [2.05, 4.69) is 16.0 Å². The predicted octanol–water partition coefficient (Wildman–Crippen LogP) is 1.28. The largest absolute Gasteiger partial charge is 0.350 e. The Kier molecular flexibility index (Phi) is 6.61. The third kappa shape index (κ3) is 4.25. The average Bonchev–Trinajstić information content (AvgIpc) is 2.80. The fourth-order valence-electron chi connectivity index (χ4n) is 3.51. The molecule has 2 heterocycles. The summed E-state index contributed by atoms with van der Waals surface area (Å²) in [4.78, 5) is 37.4. The molecule has 2 aliphatic heterocycles. The fraction of sp³-hybridized carbons (Fsp3) is 0.500. The maximum absolute atomic E-state index is 13.6. The summed E-state index contributed by atoms with van der Waals surface area (Å²) in [6.07, 6.45) is 0.643. The van der Waals surface area contributed by atoms with Crippen LogP contribution in [0.15, 0.2) is 18.2 Å². The smallest absolute Gasteiger partial charge is 0.325 e. The van der Waals surface area contributed by atoms with Crippen molar-refractivity contribution >= 4 is 30.3 Å². The van der Waals surface area contributed by atoms with Crippen molar-refractivity contribution in [1.29, 1.82) is 0 Å². The molecule has 154 valence electrons. The molecule has 0 spiro atoms. The maximum Gasteiger partial charge on any atom is 0.325 e. The number of amides is 4. The van der Waals surface area contributed by atoms with Crippen molar-refractivity contribution in [2.45, 2.75) is 37.8 Å². The van der Waals surface area contributed by atoms with E-state index >= 15 is 0 Å². The molecule has 2 aliphatic rings. The number of piperidine rings is 1. The molecule has 10 heteroatoms. The van der Waals surface area contributed by atoms with E-state index in [1.54, 1.807) is 13.8 Å². The van der Waals surface area contributed by atoms with Gasteiger partial charge in [-0.2, -0.15) is 0 Å². The quantitative estimate of drug-likeness (QED) is 0.645. The first-order valence-electron chi connectivity index (χ1n) is 8.78. The fourth-order valence-corrected chi connectivity index (χ4v) is 3.51. The van der Waals surface area contributed by atoms with Gasteiger partial charge in [-0.15, -0.1) is 12.4 Å². The van der Waals surface area contributed by atoms with E-state index in [9.17, 15) is 23.2 Å². The van der Waals surface area contributed by atoms with Crippen LogP contribution in [0.3, 0.4) is 0 Å². The Morgan fingerprint density at radius 3 is 2.61 bits per heavy atom. The molecule has 4 amide bonds. The summed E-state index contributed by atoms with van der Waals surface area (Å²) in [6.45, 7) is 4.00. The maximum atomic E-state index is 13.6. The molecule has 2 atom stereocenters. The molecule has 1 aromatic rings. The van der Waals surface area contributed by atoms with Crippen molar-refractivity contribution in [3.63, 3.8) is 0 Å². The highest BCUT2D eigenvalue weighted by Crippen LogP contribution is 2.27. The first-order chi connectivity index (χ1) is 12.7. The van der Waals surface area contributed by atoms with Crippen LogP contribution < -0.4 is 16.0 Å². The van der Waals surface area contributed by atoms with E-state index in [0.717, 1.165) is 12.1 Å². The highest BCUT2D eigenvalue weighted by atomic mass is 35.5. The van der Waals surface area contributed by atoms with Gasteiger partial charge in [-0.05, 0) is 44.5 Å². The normalized spacial score (nSPS) is 23.8. The average molecular weight is 417 g/mol. The van der Waals surface area contributed by atoms with Crippen molar-refractivity contribution in [2.75, 3.05) is 19.6 Å². The van der Waals surface area contributed by atoms with E-state index in [1.807, 2.05) is 0 Å². The number of carbonyl (C=O) groups is 3. The zero-order valence-electron chi connectivity index (χ0n) is 15.6. The van der Waals surface area contributed by atoms with Gasteiger partial charge in [0.15, 0.2) is 11.6 Å². The number of benzene rings is 1. The van der Waals surface area contributed by atoms with E-state index in [1.165, 1.54) is 11.0 Å². The molecule has 0 aliphatic carbocycles. The van der Waals surface area contributed by atoms with Gasteiger partial charge in [0.05, 0.1) is 0 Å². The molecule has 7 nitrogen and oxygen atoms in total. The lowest BCUT2D eigenvalue weighted by Crippen LogP contribution is -2.54. The number of rotatable bonds is 4. The molecule has 0 radical (unpaired) electrons. The minimum atomic E-state index is -1.11. The van der Waals surface area contributed by atoms with Gasteiger partial charge in [0, 0.05) is 18.5 Å². The zero-order valence-corrected chi connectivity index (χ0v) is 16.4. The molecule has 0 aromatic heterocycles. The van der Waals surface area contributed by atoms with Crippen molar-refractivity contribution in [3.05, 3.63) is 35.4 Å². The van der Waals surface area contributed by atoms with Gasteiger partial charge in [0.25, 0.3) is 5.91 Å². The molecule has 1 aromatic carbocycles. The van der Waals surface area contributed by atoms with Crippen molar-refractivity contribution < 1.29 is 23.2 Å². The standard InChI is InChI=1S/C18H22F2N4O3.ClH/c1-18(2)16(26)23-17(27)24(18)9-15(25)22-14-8-21-6-5-11(14)10-3-4-12(19)13(20)7-10;/h3-4,7,11,14,21H,5-6,8-9H2,1-2H3,(H,22,25)(H,23,26,27);1H. The number of carbonyl (C=O) groups excluding carboxylic acids is 3. The lowest BCUT2D eigenvalue weighted by Gasteiger charge is -2.34. The minimum Gasteiger partial charge on any atom is -0.350 e. The number of nitrogens with one attached hydrogen (secondary N) is 3. The van der Waals surface area contributed by atoms with Gasteiger partial charge < -0.3 is 15.5 Å².